The van der Waals surface area contributed by atoms with Gasteiger partial charge < -0.3 is 9.47 Å². The van der Waals surface area contributed by atoms with Crippen molar-refractivity contribution in [1.82, 2.24) is 0 Å². The van der Waals surface area contributed by atoms with Gasteiger partial charge in [0, 0.05) is 10.7 Å². The molecule has 0 N–H and O–H groups in total. The van der Waals surface area contributed by atoms with Gasteiger partial charge in [0.2, 0.25) is 0 Å². The molecule has 0 saturated heterocycles. The smallest absolute Gasteiger partial charge is 0.0780 e. The molecule has 0 rings (SSSR count). The molecular formula is C7H14Br2O2. The summed E-state index contributed by atoms with van der Waals surface area (Å²) in [6, 6.07) is 0. The van der Waals surface area contributed by atoms with Crippen LogP contribution in [-0.4, -0.2) is 36.6 Å². The molecule has 0 aliphatic heterocycles. The Labute approximate surface area is 84.9 Å². The summed E-state index contributed by atoms with van der Waals surface area (Å²) in [5.74, 6) is 0. The van der Waals surface area contributed by atoms with Crippen molar-refractivity contribution in [1.29, 1.82) is 0 Å². The molecule has 2 nitrogen and oxygen atoms in total. The van der Waals surface area contributed by atoms with E-state index in [1.807, 2.05) is 6.92 Å². The Bertz CT molecular complexity index is 80.8. The summed E-state index contributed by atoms with van der Waals surface area (Å²) in [6.45, 7) is 4.19. The minimum absolute atomic E-state index is 0.201. The highest BCUT2D eigenvalue weighted by Gasteiger charge is 2.00. The topological polar surface area (TPSA) is 18.5 Å². The molecule has 0 radical (unpaired) electrons. The third kappa shape index (κ3) is 8.79. The minimum atomic E-state index is 0.201. The van der Waals surface area contributed by atoms with Crippen molar-refractivity contribution in [3.8, 4) is 0 Å². The molecular weight excluding hydrogens is 276 g/mol. The van der Waals surface area contributed by atoms with E-state index >= 15 is 0 Å². The van der Waals surface area contributed by atoms with E-state index in [0.717, 1.165) is 23.9 Å². The molecule has 0 bridgehead atoms. The number of halogens is 2. The Morgan fingerprint density at radius 3 is 2.36 bits per heavy atom. The van der Waals surface area contributed by atoms with Gasteiger partial charge in [0.15, 0.2) is 0 Å². The first-order valence-corrected chi connectivity index (χ1v) is 5.86. The second kappa shape index (κ2) is 8.97. The Balaban J connectivity index is 3.02. The lowest BCUT2D eigenvalue weighted by molar-refractivity contribution is 0.00438. The quantitative estimate of drug-likeness (QED) is 0.528. The second-order valence-corrected chi connectivity index (χ2v) is 3.72. The van der Waals surface area contributed by atoms with E-state index in [4.69, 9.17) is 9.47 Å². The minimum Gasteiger partial charge on any atom is -0.378 e. The van der Waals surface area contributed by atoms with Crippen molar-refractivity contribution in [2.45, 2.75) is 13.0 Å². The zero-order valence-electron chi connectivity index (χ0n) is 6.69. The van der Waals surface area contributed by atoms with Gasteiger partial charge in [-0.2, -0.15) is 0 Å². The van der Waals surface area contributed by atoms with Crippen molar-refractivity contribution in [2.75, 3.05) is 30.5 Å². The standard InChI is InChI=1S/C7H14Br2O2/c1-7(11-5-3-9)6-10-4-2-8/h7H,2-6H2,1H3. The summed E-state index contributed by atoms with van der Waals surface area (Å²) in [7, 11) is 0. The largest absolute Gasteiger partial charge is 0.378 e. The highest BCUT2D eigenvalue weighted by molar-refractivity contribution is 9.09. The number of ether oxygens (including phenoxy) is 2. The van der Waals surface area contributed by atoms with Crippen LogP contribution in [0, 0.1) is 0 Å². The molecule has 0 aromatic heterocycles. The van der Waals surface area contributed by atoms with E-state index in [2.05, 4.69) is 31.9 Å². The van der Waals surface area contributed by atoms with Crippen LogP contribution in [0.15, 0.2) is 0 Å². The molecule has 0 aromatic rings. The van der Waals surface area contributed by atoms with Crippen LogP contribution in [0.1, 0.15) is 6.92 Å². The van der Waals surface area contributed by atoms with Crippen molar-refractivity contribution in [3.05, 3.63) is 0 Å². The SMILES string of the molecule is CC(COCCBr)OCCBr. The summed E-state index contributed by atoms with van der Waals surface area (Å²) in [5.41, 5.74) is 0. The van der Waals surface area contributed by atoms with E-state index in [1.54, 1.807) is 0 Å². The molecule has 0 spiro atoms. The Morgan fingerprint density at radius 1 is 1.18 bits per heavy atom. The summed E-state index contributed by atoms with van der Waals surface area (Å²) < 4.78 is 10.6. The van der Waals surface area contributed by atoms with Gasteiger partial charge in [-0.15, -0.1) is 0 Å². The number of hydrogen-bond acceptors (Lipinski definition) is 2. The number of hydrogen-bond donors (Lipinski definition) is 0. The molecule has 1 unspecified atom stereocenters. The van der Waals surface area contributed by atoms with E-state index in [0.29, 0.717) is 6.61 Å². The summed E-state index contributed by atoms with van der Waals surface area (Å²) >= 11 is 6.57. The van der Waals surface area contributed by atoms with Gasteiger partial charge >= 0.3 is 0 Å². The fourth-order valence-corrected chi connectivity index (χ4v) is 1.01. The van der Waals surface area contributed by atoms with Crippen LogP contribution in [0.3, 0.4) is 0 Å². The molecule has 4 heteroatoms. The highest BCUT2D eigenvalue weighted by Crippen LogP contribution is 1.94. The molecule has 68 valence electrons. The normalized spacial score (nSPS) is 13.4. The molecule has 11 heavy (non-hydrogen) atoms. The molecule has 0 heterocycles. The predicted octanol–water partition coefficient (Wildman–Crippen LogP) is 2.20. The average molecular weight is 290 g/mol. The van der Waals surface area contributed by atoms with Crippen molar-refractivity contribution >= 4 is 31.9 Å². The fraction of sp³-hybridized carbons (Fsp3) is 1.00. The van der Waals surface area contributed by atoms with Gasteiger partial charge in [-0.1, -0.05) is 31.9 Å². The van der Waals surface area contributed by atoms with E-state index in [-0.39, 0.29) is 6.10 Å². The molecule has 0 aliphatic rings. The van der Waals surface area contributed by atoms with E-state index < -0.39 is 0 Å². The van der Waals surface area contributed by atoms with Crippen LogP contribution < -0.4 is 0 Å². The van der Waals surface area contributed by atoms with Crippen LogP contribution in [0.2, 0.25) is 0 Å². The maximum atomic E-state index is 5.35. The van der Waals surface area contributed by atoms with E-state index in [9.17, 15) is 0 Å². The molecule has 0 saturated carbocycles. The van der Waals surface area contributed by atoms with Gasteiger partial charge in [-0.3, -0.25) is 0 Å². The lowest BCUT2D eigenvalue weighted by Crippen LogP contribution is -2.17. The second-order valence-electron chi connectivity index (χ2n) is 2.13. The molecule has 1 atom stereocenters. The highest BCUT2D eigenvalue weighted by atomic mass is 79.9. The van der Waals surface area contributed by atoms with Crippen LogP contribution in [0.5, 0.6) is 0 Å². The van der Waals surface area contributed by atoms with Crippen LogP contribution in [-0.2, 0) is 9.47 Å². The van der Waals surface area contributed by atoms with Gasteiger partial charge in [0.25, 0.3) is 0 Å². The van der Waals surface area contributed by atoms with E-state index in [1.165, 1.54) is 0 Å². The van der Waals surface area contributed by atoms with Crippen molar-refractivity contribution in [3.63, 3.8) is 0 Å². The molecule has 0 fully saturated rings. The van der Waals surface area contributed by atoms with Crippen LogP contribution >= 0.6 is 31.9 Å². The lowest BCUT2D eigenvalue weighted by Gasteiger charge is -2.11. The Kier molecular flexibility index (Phi) is 9.69. The summed E-state index contributed by atoms with van der Waals surface area (Å²) in [5, 5.41) is 1.77. The zero-order chi connectivity index (χ0) is 8.53. The molecule has 0 amide bonds. The van der Waals surface area contributed by atoms with Gasteiger partial charge in [-0.25, -0.2) is 0 Å². The molecule has 0 aromatic carbocycles. The summed E-state index contributed by atoms with van der Waals surface area (Å²) in [4.78, 5) is 0. The first kappa shape index (κ1) is 11.9. The Hall–Kier alpha value is 0.880. The maximum Gasteiger partial charge on any atom is 0.0780 e. The van der Waals surface area contributed by atoms with Crippen molar-refractivity contribution in [2.24, 2.45) is 0 Å². The summed E-state index contributed by atoms with van der Waals surface area (Å²) in [6.07, 6.45) is 0.201. The van der Waals surface area contributed by atoms with Gasteiger partial charge in [-0.05, 0) is 6.92 Å². The monoisotopic (exact) mass is 288 g/mol. The van der Waals surface area contributed by atoms with Gasteiger partial charge in [0.1, 0.15) is 0 Å². The lowest BCUT2D eigenvalue weighted by atomic mass is 10.4. The van der Waals surface area contributed by atoms with Gasteiger partial charge in [0.05, 0.1) is 25.9 Å². The maximum absolute atomic E-state index is 5.35. The molecule has 0 aliphatic carbocycles. The number of alkyl halides is 2. The van der Waals surface area contributed by atoms with Crippen molar-refractivity contribution < 1.29 is 9.47 Å². The first-order chi connectivity index (χ1) is 5.31. The average Bonchev–Trinajstić information content (AvgIpc) is 2.01. The third-order valence-corrected chi connectivity index (χ3v) is 1.70. The zero-order valence-corrected chi connectivity index (χ0v) is 9.86. The first-order valence-electron chi connectivity index (χ1n) is 3.62. The predicted molar refractivity (Wildman–Crippen MR) is 53.8 cm³/mol. The Morgan fingerprint density at radius 2 is 1.82 bits per heavy atom. The number of rotatable bonds is 7. The third-order valence-electron chi connectivity index (χ3n) is 1.05. The fourth-order valence-electron chi connectivity index (χ4n) is 0.598. The van der Waals surface area contributed by atoms with Crippen LogP contribution in [0.25, 0.3) is 0 Å². The van der Waals surface area contributed by atoms with Crippen LogP contribution in [0.4, 0.5) is 0 Å².